The average molecular weight is 465 g/mol. The van der Waals surface area contributed by atoms with Crippen molar-refractivity contribution in [2.45, 2.75) is 24.0 Å². The third-order valence-corrected chi connectivity index (χ3v) is 5.15. The molecule has 0 radical (unpaired) electrons. The van der Waals surface area contributed by atoms with Crippen molar-refractivity contribution in [3.63, 3.8) is 0 Å². The van der Waals surface area contributed by atoms with Gasteiger partial charge in [0.1, 0.15) is 0 Å². The second kappa shape index (κ2) is 8.01. The molecule has 3 rings (SSSR count). The molecule has 3 aromatic rings. The highest BCUT2D eigenvalue weighted by atomic mass is 127. The Morgan fingerprint density at radius 1 is 1.16 bits per heavy atom. The van der Waals surface area contributed by atoms with E-state index in [2.05, 4.69) is 52.0 Å². The molecule has 1 heterocycles. The number of amides is 1. The largest absolute Gasteiger partial charge is 0.403 e. The summed E-state index contributed by atoms with van der Waals surface area (Å²) in [6, 6.07) is 15.3. The van der Waals surface area contributed by atoms with E-state index in [1.807, 2.05) is 42.5 Å². The fraction of sp³-hybridized carbons (Fsp3) is 0.167. The summed E-state index contributed by atoms with van der Waals surface area (Å²) in [7, 11) is 0. The first-order chi connectivity index (χ1) is 12.0. The van der Waals surface area contributed by atoms with Crippen LogP contribution in [0, 0.1) is 3.57 Å². The molecule has 0 aliphatic carbocycles. The van der Waals surface area contributed by atoms with Crippen LogP contribution in [0.15, 0.2) is 57.8 Å². The zero-order valence-electron chi connectivity index (χ0n) is 13.7. The maximum Gasteiger partial charge on any atom is 0.322 e. The van der Waals surface area contributed by atoms with Gasteiger partial charge in [0.15, 0.2) is 0 Å². The van der Waals surface area contributed by atoms with Crippen LogP contribution in [-0.4, -0.2) is 21.4 Å². The van der Waals surface area contributed by atoms with Gasteiger partial charge < -0.3 is 4.42 Å². The number of carbonyl (C=O) groups excluding carboxylic acids is 1. The van der Waals surface area contributed by atoms with Crippen LogP contribution in [0.4, 0.5) is 6.01 Å². The number of hydrogen-bond donors (Lipinski definition) is 1. The molecule has 0 saturated carbocycles. The minimum Gasteiger partial charge on any atom is -0.403 e. The second-order valence-corrected chi connectivity index (χ2v) is 8.35. The van der Waals surface area contributed by atoms with Crippen molar-refractivity contribution in [3.8, 4) is 11.5 Å². The van der Waals surface area contributed by atoms with E-state index in [1.54, 1.807) is 17.8 Å². The molecule has 1 N–H and O–H groups in total. The van der Waals surface area contributed by atoms with E-state index in [4.69, 9.17) is 4.42 Å². The van der Waals surface area contributed by atoms with Crippen molar-refractivity contribution < 1.29 is 9.21 Å². The number of halogens is 1. The second-order valence-electron chi connectivity index (χ2n) is 5.54. The van der Waals surface area contributed by atoms with E-state index in [9.17, 15) is 4.79 Å². The molecule has 0 aliphatic heterocycles. The molecule has 1 amide bonds. The summed E-state index contributed by atoms with van der Waals surface area (Å²) < 4.78 is 6.45. The lowest BCUT2D eigenvalue weighted by Crippen LogP contribution is -2.13. The zero-order valence-corrected chi connectivity index (χ0v) is 16.7. The van der Waals surface area contributed by atoms with E-state index in [0.29, 0.717) is 16.7 Å². The van der Waals surface area contributed by atoms with E-state index >= 15 is 0 Å². The van der Waals surface area contributed by atoms with Crippen LogP contribution < -0.4 is 5.32 Å². The number of anilines is 1. The van der Waals surface area contributed by atoms with Crippen molar-refractivity contribution in [1.29, 1.82) is 0 Å². The topological polar surface area (TPSA) is 68.0 Å². The van der Waals surface area contributed by atoms with Crippen molar-refractivity contribution in [2.75, 3.05) is 5.32 Å². The molecule has 0 fully saturated rings. The van der Waals surface area contributed by atoms with Crippen LogP contribution in [0.25, 0.3) is 11.5 Å². The van der Waals surface area contributed by atoms with Gasteiger partial charge in [-0.3, -0.25) is 10.1 Å². The molecule has 0 unspecified atom stereocenters. The first-order valence-electron chi connectivity index (χ1n) is 7.69. The van der Waals surface area contributed by atoms with Crippen LogP contribution in [0.1, 0.15) is 24.2 Å². The number of rotatable bonds is 5. The van der Waals surface area contributed by atoms with Gasteiger partial charge in [-0.15, -0.1) is 16.9 Å². The maximum absolute atomic E-state index is 12.3. The fourth-order valence-corrected chi connectivity index (χ4v) is 3.70. The highest BCUT2D eigenvalue weighted by Gasteiger charge is 2.15. The standard InChI is InChI=1S/C18H16IN3O2S/c1-11(2)25-13-7-5-6-12(10-13)17-21-22-18(24-17)20-16(23)14-8-3-4-9-15(14)19/h3-11H,1-2H3,(H,20,22,23). The van der Waals surface area contributed by atoms with Gasteiger partial charge in [0, 0.05) is 19.3 Å². The number of hydrogen-bond acceptors (Lipinski definition) is 5. The van der Waals surface area contributed by atoms with Crippen LogP contribution in [0.3, 0.4) is 0 Å². The quantitative estimate of drug-likeness (QED) is 0.420. The average Bonchev–Trinajstić information content (AvgIpc) is 3.03. The number of nitrogens with one attached hydrogen (secondary N) is 1. The van der Waals surface area contributed by atoms with Gasteiger partial charge in [-0.05, 0) is 52.9 Å². The molecule has 5 nitrogen and oxygen atoms in total. The first kappa shape index (κ1) is 17.9. The summed E-state index contributed by atoms with van der Waals surface area (Å²) >= 11 is 3.88. The zero-order chi connectivity index (χ0) is 17.8. The molecule has 25 heavy (non-hydrogen) atoms. The van der Waals surface area contributed by atoms with Crippen molar-refractivity contribution in [1.82, 2.24) is 10.2 Å². The minimum absolute atomic E-state index is 0.0848. The van der Waals surface area contributed by atoms with Crippen molar-refractivity contribution >= 4 is 46.3 Å². The monoisotopic (exact) mass is 465 g/mol. The van der Waals surface area contributed by atoms with E-state index in [1.165, 1.54) is 0 Å². The number of nitrogens with zero attached hydrogens (tertiary/aromatic N) is 2. The number of benzene rings is 2. The molecule has 0 saturated heterocycles. The summed E-state index contributed by atoms with van der Waals surface area (Å²) in [6.07, 6.45) is 0. The highest BCUT2D eigenvalue weighted by molar-refractivity contribution is 14.1. The van der Waals surface area contributed by atoms with Gasteiger partial charge in [-0.25, -0.2) is 0 Å². The first-order valence-corrected chi connectivity index (χ1v) is 9.65. The van der Waals surface area contributed by atoms with Gasteiger partial charge in [0.05, 0.1) is 5.56 Å². The normalized spacial score (nSPS) is 10.9. The number of carbonyl (C=O) groups is 1. The summed E-state index contributed by atoms with van der Waals surface area (Å²) in [5, 5.41) is 11.1. The summed E-state index contributed by atoms with van der Waals surface area (Å²) in [4.78, 5) is 13.4. The Labute approximate surface area is 163 Å². The Hall–Kier alpha value is -1.87. The van der Waals surface area contributed by atoms with Crippen LogP contribution in [0.2, 0.25) is 0 Å². The smallest absolute Gasteiger partial charge is 0.322 e. The molecule has 128 valence electrons. The van der Waals surface area contributed by atoms with Gasteiger partial charge in [0.2, 0.25) is 5.89 Å². The summed E-state index contributed by atoms with van der Waals surface area (Å²) in [5.74, 6) is 0.105. The Morgan fingerprint density at radius 3 is 2.72 bits per heavy atom. The number of aromatic nitrogens is 2. The Bertz CT molecular complexity index is 895. The summed E-state index contributed by atoms with van der Waals surface area (Å²) in [6.45, 7) is 4.28. The maximum atomic E-state index is 12.3. The molecule has 0 bridgehead atoms. The van der Waals surface area contributed by atoms with Crippen LogP contribution in [-0.2, 0) is 0 Å². The van der Waals surface area contributed by atoms with E-state index in [-0.39, 0.29) is 11.9 Å². The molecule has 0 spiro atoms. The lowest BCUT2D eigenvalue weighted by atomic mass is 10.2. The van der Waals surface area contributed by atoms with Gasteiger partial charge in [-0.2, -0.15) is 0 Å². The Morgan fingerprint density at radius 2 is 1.96 bits per heavy atom. The summed E-state index contributed by atoms with van der Waals surface area (Å²) in [5.41, 5.74) is 1.39. The lowest BCUT2D eigenvalue weighted by molar-refractivity contribution is 0.102. The van der Waals surface area contributed by atoms with Crippen molar-refractivity contribution in [3.05, 3.63) is 57.7 Å². The predicted molar refractivity (Wildman–Crippen MR) is 108 cm³/mol. The molecule has 1 aromatic heterocycles. The van der Waals surface area contributed by atoms with Crippen LogP contribution in [0.5, 0.6) is 0 Å². The van der Waals surface area contributed by atoms with Crippen molar-refractivity contribution in [2.24, 2.45) is 0 Å². The van der Waals surface area contributed by atoms with E-state index < -0.39 is 0 Å². The van der Waals surface area contributed by atoms with Gasteiger partial charge in [0.25, 0.3) is 5.91 Å². The molecular weight excluding hydrogens is 449 g/mol. The predicted octanol–water partition coefficient (Wildman–Crippen LogP) is 5.09. The molecule has 7 heteroatoms. The molecule has 0 atom stereocenters. The lowest BCUT2D eigenvalue weighted by Gasteiger charge is -2.05. The Kier molecular flexibility index (Phi) is 5.74. The van der Waals surface area contributed by atoms with E-state index in [0.717, 1.165) is 14.0 Å². The Balaban J connectivity index is 1.77. The minimum atomic E-state index is -0.274. The third-order valence-electron chi connectivity index (χ3n) is 3.22. The highest BCUT2D eigenvalue weighted by Crippen LogP contribution is 2.28. The van der Waals surface area contributed by atoms with Gasteiger partial charge >= 0.3 is 6.01 Å². The van der Waals surface area contributed by atoms with Gasteiger partial charge in [-0.1, -0.05) is 37.1 Å². The molecular formula is C18H16IN3O2S. The SMILES string of the molecule is CC(C)Sc1cccc(-c2nnc(NC(=O)c3ccccc3I)o2)c1. The number of thioether (sulfide) groups is 1. The molecule has 0 aliphatic rings. The van der Waals surface area contributed by atoms with Crippen LogP contribution >= 0.6 is 34.4 Å². The fourth-order valence-electron chi connectivity index (χ4n) is 2.17. The third kappa shape index (κ3) is 4.60. The molecule has 2 aromatic carbocycles.